The fourth-order valence-electron chi connectivity index (χ4n) is 1.57. The van der Waals surface area contributed by atoms with Crippen LogP contribution in [0.4, 0.5) is 0 Å². The number of carboxylic acids is 1. The molecule has 0 spiro atoms. The topological polar surface area (TPSA) is 72.4 Å². The van der Waals surface area contributed by atoms with Crippen molar-refractivity contribution in [1.82, 2.24) is 4.57 Å². The van der Waals surface area contributed by atoms with E-state index in [4.69, 9.17) is 9.52 Å². The van der Waals surface area contributed by atoms with E-state index in [1.165, 1.54) is 0 Å². The number of hydrogen-bond acceptors (Lipinski definition) is 4. The van der Waals surface area contributed by atoms with Gasteiger partial charge in [0.2, 0.25) is 0 Å². The molecule has 2 heterocycles. The maximum absolute atomic E-state index is 11.7. The van der Waals surface area contributed by atoms with Crippen molar-refractivity contribution < 1.29 is 14.3 Å². The number of thiazole rings is 1. The fraction of sp³-hybridized carbons (Fsp3) is 0.273. The van der Waals surface area contributed by atoms with Crippen LogP contribution in [0.1, 0.15) is 12.8 Å². The zero-order valence-corrected chi connectivity index (χ0v) is 11.7. The number of furan rings is 1. The number of hydrogen-bond donors (Lipinski definition) is 1. The zero-order valence-electron chi connectivity index (χ0n) is 9.26. The molecule has 0 saturated carbocycles. The Kier molecular flexibility index (Phi) is 4.03. The molecule has 0 bridgehead atoms. The lowest BCUT2D eigenvalue weighted by Gasteiger charge is -2.04. The molecule has 0 amide bonds. The normalized spacial score (nSPS) is 10.7. The van der Waals surface area contributed by atoms with Gasteiger partial charge in [0.15, 0.2) is 10.4 Å². The smallest absolute Gasteiger partial charge is 0.307 e. The third kappa shape index (κ3) is 2.91. The minimum atomic E-state index is -0.861. The molecule has 2 aromatic heterocycles. The molecule has 5 nitrogen and oxygen atoms in total. The Morgan fingerprint density at radius 3 is 2.89 bits per heavy atom. The van der Waals surface area contributed by atoms with Gasteiger partial charge < -0.3 is 9.52 Å². The molecule has 0 aliphatic heterocycles. The first-order chi connectivity index (χ1) is 8.58. The van der Waals surface area contributed by atoms with E-state index in [2.05, 4.69) is 15.9 Å². The first kappa shape index (κ1) is 13.1. The van der Waals surface area contributed by atoms with E-state index < -0.39 is 5.97 Å². The summed E-state index contributed by atoms with van der Waals surface area (Å²) < 4.78 is 7.53. The zero-order chi connectivity index (χ0) is 13.1. The van der Waals surface area contributed by atoms with Gasteiger partial charge in [-0.2, -0.15) is 0 Å². The molecule has 0 fully saturated rings. The average molecular weight is 332 g/mol. The van der Waals surface area contributed by atoms with Crippen molar-refractivity contribution in [2.75, 3.05) is 0 Å². The second-order valence-electron chi connectivity index (χ2n) is 3.64. The second kappa shape index (κ2) is 5.53. The van der Waals surface area contributed by atoms with Gasteiger partial charge in [0.25, 0.3) is 0 Å². The maximum atomic E-state index is 11.7. The molecular formula is C11H10BrNO4S. The summed E-state index contributed by atoms with van der Waals surface area (Å²) in [5, 5.41) is 10.3. The maximum Gasteiger partial charge on any atom is 0.307 e. The highest BCUT2D eigenvalue weighted by molar-refractivity contribution is 9.10. The van der Waals surface area contributed by atoms with Gasteiger partial charge >= 0.3 is 10.8 Å². The molecular weight excluding hydrogens is 322 g/mol. The summed E-state index contributed by atoms with van der Waals surface area (Å²) in [5.41, 5.74) is 0.682. The van der Waals surface area contributed by atoms with Crippen molar-refractivity contribution in [2.45, 2.75) is 19.4 Å². The van der Waals surface area contributed by atoms with Gasteiger partial charge in [-0.3, -0.25) is 14.2 Å². The summed E-state index contributed by atoms with van der Waals surface area (Å²) >= 11 is 4.28. The van der Waals surface area contributed by atoms with Crippen LogP contribution in [-0.4, -0.2) is 15.6 Å². The van der Waals surface area contributed by atoms with Crippen molar-refractivity contribution in [3.05, 3.63) is 31.8 Å². The van der Waals surface area contributed by atoms with Gasteiger partial charge in [0.05, 0.1) is 5.69 Å². The lowest BCUT2D eigenvalue weighted by molar-refractivity contribution is -0.137. The Hall–Kier alpha value is -1.34. The SMILES string of the molecule is O=C(O)CCCn1c(-c2ccc(Br)o2)csc1=O. The first-order valence-corrected chi connectivity index (χ1v) is 6.91. The molecule has 0 aliphatic rings. The Balaban J connectivity index is 2.22. The molecule has 0 aromatic carbocycles. The molecule has 0 atom stereocenters. The van der Waals surface area contributed by atoms with E-state index in [9.17, 15) is 9.59 Å². The van der Waals surface area contributed by atoms with Crippen LogP contribution in [0.15, 0.2) is 31.4 Å². The third-order valence-electron chi connectivity index (χ3n) is 2.38. The molecule has 2 rings (SSSR count). The Labute approximate surface area is 115 Å². The van der Waals surface area contributed by atoms with E-state index in [1.54, 1.807) is 22.1 Å². The van der Waals surface area contributed by atoms with Crippen LogP contribution in [0.25, 0.3) is 11.5 Å². The lowest BCUT2D eigenvalue weighted by atomic mass is 10.3. The molecule has 0 radical (unpaired) electrons. The summed E-state index contributed by atoms with van der Waals surface area (Å²) in [6.07, 6.45) is 0.463. The minimum Gasteiger partial charge on any atom is -0.481 e. The van der Waals surface area contributed by atoms with Crippen LogP contribution in [0, 0.1) is 0 Å². The molecule has 0 aliphatic carbocycles. The van der Waals surface area contributed by atoms with Gasteiger partial charge in [-0.15, -0.1) is 0 Å². The van der Waals surface area contributed by atoms with E-state index in [1.807, 2.05) is 0 Å². The number of rotatable bonds is 5. The molecule has 0 saturated heterocycles. The second-order valence-corrected chi connectivity index (χ2v) is 5.24. The van der Waals surface area contributed by atoms with Crippen molar-refractivity contribution in [3.63, 3.8) is 0 Å². The highest BCUT2D eigenvalue weighted by atomic mass is 79.9. The van der Waals surface area contributed by atoms with E-state index in [-0.39, 0.29) is 11.3 Å². The number of aliphatic carboxylic acids is 1. The quantitative estimate of drug-likeness (QED) is 0.914. The van der Waals surface area contributed by atoms with E-state index in [0.29, 0.717) is 29.1 Å². The Morgan fingerprint density at radius 1 is 1.50 bits per heavy atom. The molecule has 2 aromatic rings. The fourth-order valence-corrected chi connectivity index (χ4v) is 2.65. The molecule has 18 heavy (non-hydrogen) atoms. The number of aromatic nitrogens is 1. The average Bonchev–Trinajstić information content (AvgIpc) is 2.86. The van der Waals surface area contributed by atoms with Crippen molar-refractivity contribution in [2.24, 2.45) is 0 Å². The predicted octanol–water partition coefficient (Wildman–Crippen LogP) is 2.80. The van der Waals surface area contributed by atoms with Crippen LogP contribution >= 0.6 is 27.3 Å². The number of carbonyl (C=O) groups is 1. The molecule has 96 valence electrons. The monoisotopic (exact) mass is 331 g/mol. The van der Waals surface area contributed by atoms with E-state index >= 15 is 0 Å². The van der Waals surface area contributed by atoms with Crippen LogP contribution < -0.4 is 4.87 Å². The van der Waals surface area contributed by atoms with Gasteiger partial charge in [0, 0.05) is 18.3 Å². The number of nitrogens with zero attached hydrogens (tertiary/aromatic N) is 1. The van der Waals surface area contributed by atoms with Crippen molar-refractivity contribution in [3.8, 4) is 11.5 Å². The van der Waals surface area contributed by atoms with Gasteiger partial charge in [-0.05, 0) is 34.5 Å². The lowest BCUT2D eigenvalue weighted by Crippen LogP contribution is -2.15. The van der Waals surface area contributed by atoms with Crippen LogP contribution in [-0.2, 0) is 11.3 Å². The minimum absolute atomic E-state index is 0.0452. The Morgan fingerprint density at radius 2 is 2.28 bits per heavy atom. The summed E-state index contributed by atoms with van der Waals surface area (Å²) in [4.78, 5) is 22.0. The Bertz CT molecular complexity index is 613. The molecule has 1 N–H and O–H groups in total. The van der Waals surface area contributed by atoms with Gasteiger partial charge in [-0.1, -0.05) is 11.3 Å². The van der Waals surface area contributed by atoms with Crippen LogP contribution in [0.5, 0.6) is 0 Å². The summed E-state index contributed by atoms with van der Waals surface area (Å²) in [5.74, 6) is -0.267. The van der Waals surface area contributed by atoms with Crippen LogP contribution in [0.3, 0.4) is 0 Å². The van der Waals surface area contributed by atoms with E-state index in [0.717, 1.165) is 11.3 Å². The predicted molar refractivity (Wildman–Crippen MR) is 70.9 cm³/mol. The highest BCUT2D eigenvalue weighted by Crippen LogP contribution is 2.25. The largest absolute Gasteiger partial charge is 0.481 e. The highest BCUT2D eigenvalue weighted by Gasteiger charge is 2.12. The molecule has 7 heteroatoms. The summed E-state index contributed by atoms with van der Waals surface area (Å²) in [6.45, 7) is 0.377. The van der Waals surface area contributed by atoms with Crippen molar-refractivity contribution in [1.29, 1.82) is 0 Å². The summed E-state index contributed by atoms with van der Waals surface area (Å²) in [6, 6.07) is 3.51. The molecule has 0 unspecified atom stereocenters. The third-order valence-corrected chi connectivity index (χ3v) is 3.57. The number of halogens is 1. The standard InChI is InChI=1S/C11H10BrNO4S/c12-9-4-3-8(17-9)7-6-18-11(16)13(7)5-1-2-10(14)15/h3-4,6H,1-2,5H2,(H,14,15). The van der Waals surface area contributed by atoms with Gasteiger partial charge in [-0.25, -0.2) is 0 Å². The van der Waals surface area contributed by atoms with Gasteiger partial charge in [0.1, 0.15) is 0 Å². The van der Waals surface area contributed by atoms with Crippen molar-refractivity contribution >= 4 is 33.2 Å². The summed E-state index contributed by atoms with van der Waals surface area (Å²) in [7, 11) is 0. The van der Waals surface area contributed by atoms with Crippen LogP contribution in [0.2, 0.25) is 0 Å². The number of carboxylic acid groups (broad SMARTS) is 1. The first-order valence-electron chi connectivity index (χ1n) is 5.24.